The molecule has 0 aliphatic carbocycles. The van der Waals surface area contributed by atoms with E-state index in [1.807, 2.05) is 6.92 Å². The summed E-state index contributed by atoms with van der Waals surface area (Å²) < 4.78 is 5.27. The van der Waals surface area contributed by atoms with Crippen molar-refractivity contribution in [3.63, 3.8) is 0 Å². The van der Waals surface area contributed by atoms with Gasteiger partial charge in [-0.05, 0) is 20.3 Å². The van der Waals surface area contributed by atoms with Gasteiger partial charge in [0.1, 0.15) is 0 Å². The number of morpholine rings is 1. The summed E-state index contributed by atoms with van der Waals surface area (Å²) in [6.45, 7) is 7.81. The zero-order valence-electron chi connectivity index (χ0n) is 12.2. The standard InChI is InChI=1S/C13H25N3O4/c1-10(3-4-12(17)18)14-13(19)15-11(2)9-16-5-7-20-8-6-16/h10-11H,3-9H2,1-2H3,(H,17,18)(H2,14,15,19). The molecule has 3 N–H and O–H groups in total. The summed E-state index contributed by atoms with van der Waals surface area (Å²) >= 11 is 0. The maximum Gasteiger partial charge on any atom is 0.315 e. The summed E-state index contributed by atoms with van der Waals surface area (Å²) in [7, 11) is 0. The van der Waals surface area contributed by atoms with Crippen LogP contribution in [-0.4, -0.2) is 66.9 Å². The van der Waals surface area contributed by atoms with Crippen LogP contribution in [0.5, 0.6) is 0 Å². The first-order valence-corrected chi connectivity index (χ1v) is 7.06. The molecule has 0 bridgehead atoms. The van der Waals surface area contributed by atoms with Crippen molar-refractivity contribution in [1.82, 2.24) is 15.5 Å². The van der Waals surface area contributed by atoms with E-state index >= 15 is 0 Å². The van der Waals surface area contributed by atoms with Gasteiger partial charge < -0.3 is 20.5 Å². The van der Waals surface area contributed by atoms with Gasteiger partial charge in [0.25, 0.3) is 0 Å². The van der Waals surface area contributed by atoms with Crippen LogP contribution in [0.2, 0.25) is 0 Å². The number of amides is 2. The number of nitrogens with zero attached hydrogens (tertiary/aromatic N) is 1. The normalized spacial score (nSPS) is 19.1. The van der Waals surface area contributed by atoms with Crippen molar-refractivity contribution in [1.29, 1.82) is 0 Å². The van der Waals surface area contributed by atoms with Gasteiger partial charge in [-0.15, -0.1) is 0 Å². The third kappa shape index (κ3) is 7.30. The Balaban J connectivity index is 2.18. The number of hydrogen-bond acceptors (Lipinski definition) is 4. The van der Waals surface area contributed by atoms with Crippen molar-refractivity contribution in [2.75, 3.05) is 32.8 Å². The lowest BCUT2D eigenvalue weighted by Crippen LogP contribution is -2.50. The van der Waals surface area contributed by atoms with Crippen molar-refractivity contribution in [3.8, 4) is 0 Å². The highest BCUT2D eigenvalue weighted by atomic mass is 16.5. The molecule has 0 saturated carbocycles. The number of rotatable bonds is 7. The van der Waals surface area contributed by atoms with E-state index in [9.17, 15) is 9.59 Å². The second kappa shape index (κ2) is 8.76. The fraction of sp³-hybridized carbons (Fsp3) is 0.846. The summed E-state index contributed by atoms with van der Waals surface area (Å²) in [6.07, 6.45) is 0.491. The third-order valence-electron chi connectivity index (χ3n) is 3.18. The van der Waals surface area contributed by atoms with Gasteiger partial charge in [0.2, 0.25) is 0 Å². The zero-order valence-corrected chi connectivity index (χ0v) is 12.2. The average Bonchev–Trinajstić information content (AvgIpc) is 2.37. The van der Waals surface area contributed by atoms with Crippen LogP contribution in [0.15, 0.2) is 0 Å². The van der Waals surface area contributed by atoms with Crippen LogP contribution in [0.4, 0.5) is 4.79 Å². The van der Waals surface area contributed by atoms with Crippen LogP contribution in [0.3, 0.4) is 0 Å². The average molecular weight is 287 g/mol. The van der Waals surface area contributed by atoms with Gasteiger partial charge >= 0.3 is 12.0 Å². The monoisotopic (exact) mass is 287 g/mol. The van der Waals surface area contributed by atoms with E-state index in [-0.39, 0.29) is 24.5 Å². The zero-order chi connectivity index (χ0) is 15.0. The van der Waals surface area contributed by atoms with Gasteiger partial charge in [0.15, 0.2) is 0 Å². The van der Waals surface area contributed by atoms with E-state index in [1.54, 1.807) is 6.92 Å². The molecule has 0 radical (unpaired) electrons. The fourth-order valence-electron chi connectivity index (χ4n) is 2.12. The van der Waals surface area contributed by atoms with Crippen molar-refractivity contribution in [2.24, 2.45) is 0 Å². The van der Waals surface area contributed by atoms with E-state index in [4.69, 9.17) is 9.84 Å². The van der Waals surface area contributed by atoms with Gasteiger partial charge in [-0.25, -0.2) is 4.79 Å². The predicted molar refractivity (Wildman–Crippen MR) is 74.7 cm³/mol. The molecule has 116 valence electrons. The molecule has 1 saturated heterocycles. The summed E-state index contributed by atoms with van der Waals surface area (Å²) in [6, 6.07) is -0.356. The molecule has 0 aromatic heterocycles. The molecule has 7 heteroatoms. The second-order valence-electron chi connectivity index (χ2n) is 5.27. The Labute approximate surface area is 119 Å². The molecule has 1 aliphatic rings. The van der Waals surface area contributed by atoms with Crippen LogP contribution >= 0.6 is 0 Å². The van der Waals surface area contributed by atoms with Gasteiger partial charge in [-0.2, -0.15) is 0 Å². The van der Waals surface area contributed by atoms with Crippen molar-refractivity contribution in [2.45, 2.75) is 38.8 Å². The maximum atomic E-state index is 11.7. The topological polar surface area (TPSA) is 90.9 Å². The first kappa shape index (κ1) is 16.7. The largest absolute Gasteiger partial charge is 0.481 e. The summed E-state index contributed by atoms with van der Waals surface area (Å²) in [4.78, 5) is 24.4. The predicted octanol–water partition coefficient (Wildman–Crippen LogP) is 0.260. The highest BCUT2D eigenvalue weighted by molar-refractivity contribution is 5.74. The molecule has 2 amide bonds. The number of carbonyl (C=O) groups excluding carboxylic acids is 1. The number of nitrogens with one attached hydrogen (secondary N) is 2. The quantitative estimate of drug-likeness (QED) is 0.625. The first-order valence-electron chi connectivity index (χ1n) is 7.06. The minimum atomic E-state index is -0.847. The lowest BCUT2D eigenvalue weighted by molar-refractivity contribution is -0.137. The second-order valence-corrected chi connectivity index (χ2v) is 5.27. The van der Waals surface area contributed by atoms with Crippen LogP contribution in [0, 0.1) is 0 Å². The Bertz CT molecular complexity index is 319. The van der Waals surface area contributed by atoms with Crippen LogP contribution in [0.25, 0.3) is 0 Å². The third-order valence-corrected chi connectivity index (χ3v) is 3.18. The Morgan fingerprint density at radius 1 is 1.20 bits per heavy atom. The van der Waals surface area contributed by atoms with Crippen molar-refractivity contribution < 1.29 is 19.4 Å². The van der Waals surface area contributed by atoms with E-state index in [2.05, 4.69) is 15.5 Å². The van der Waals surface area contributed by atoms with Crippen LogP contribution in [0.1, 0.15) is 26.7 Å². The molecule has 1 heterocycles. The smallest absolute Gasteiger partial charge is 0.315 e. The molecule has 1 fully saturated rings. The SMILES string of the molecule is CC(CCC(=O)O)NC(=O)NC(C)CN1CCOCC1. The summed E-state index contributed by atoms with van der Waals surface area (Å²) in [5.41, 5.74) is 0. The van der Waals surface area contributed by atoms with Crippen LogP contribution in [-0.2, 0) is 9.53 Å². The van der Waals surface area contributed by atoms with Crippen molar-refractivity contribution in [3.05, 3.63) is 0 Å². The van der Waals surface area contributed by atoms with E-state index in [0.717, 1.165) is 32.8 Å². The lowest BCUT2D eigenvalue weighted by Gasteiger charge is -2.29. The lowest BCUT2D eigenvalue weighted by atomic mass is 10.2. The molecule has 1 rings (SSSR count). The van der Waals surface area contributed by atoms with E-state index < -0.39 is 5.97 Å². The maximum absolute atomic E-state index is 11.7. The van der Waals surface area contributed by atoms with Gasteiger partial charge in [0, 0.05) is 38.1 Å². The summed E-state index contributed by atoms with van der Waals surface area (Å²) in [5.74, 6) is -0.847. The Kier molecular flexibility index (Phi) is 7.32. The Hall–Kier alpha value is -1.34. The molecule has 0 spiro atoms. The number of carboxylic acid groups (broad SMARTS) is 1. The number of carbonyl (C=O) groups is 2. The molecular formula is C13H25N3O4. The van der Waals surface area contributed by atoms with Gasteiger partial charge in [0.05, 0.1) is 13.2 Å². The summed E-state index contributed by atoms with van der Waals surface area (Å²) in [5, 5.41) is 14.2. The fourth-order valence-corrected chi connectivity index (χ4v) is 2.12. The van der Waals surface area contributed by atoms with E-state index in [1.165, 1.54) is 0 Å². The highest BCUT2D eigenvalue weighted by Gasteiger charge is 2.16. The number of carboxylic acids is 1. The molecule has 0 aromatic rings. The van der Waals surface area contributed by atoms with Crippen LogP contribution < -0.4 is 10.6 Å². The van der Waals surface area contributed by atoms with E-state index in [0.29, 0.717) is 6.42 Å². The number of ether oxygens (including phenoxy) is 1. The number of hydrogen-bond donors (Lipinski definition) is 3. The molecule has 7 nitrogen and oxygen atoms in total. The highest BCUT2D eigenvalue weighted by Crippen LogP contribution is 1.99. The molecule has 2 atom stereocenters. The minimum absolute atomic E-state index is 0.0415. The molecule has 2 unspecified atom stereocenters. The van der Waals surface area contributed by atoms with Gasteiger partial charge in [-0.1, -0.05) is 0 Å². The first-order chi connectivity index (χ1) is 9.47. The Morgan fingerprint density at radius 3 is 2.40 bits per heavy atom. The Morgan fingerprint density at radius 2 is 1.80 bits per heavy atom. The molecular weight excluding hydrogens is 262 g/mol. The molecule has 0 aromatic carbocycles. The number of urea groups is 1. The molecule has 20 heavy (non-hydrogen) atoms. The van der Waals surface area contributed by atoms with Crippen molar-refractivity contribution >= 4 is 12.0 Å². The molecule has 1 aliphatic heterocycles. The van der Waals surface area contributed by atoms with Gasteiger partial charge in [-0.3, -0.25) is 9.69 Å². The number of aliphatic carboxylic acids is 1. The minimum Gasteiger partial charge on any atom is -0.481 e.